The maximum atomic E-state index is 14.2. The standard InChI is InChI=1S/C32H12BF24.C12H20N3O3/c34-25(35,36)13-1-14(26(37,38)39)6-21(5-13)33(22-7-15(27(40,41)42)2-16(8-22)28(43,44)45,23-9-17(29(46,47)48)3-18(10-23)30(49,50)51)24-11-19(31(52,53)54)4-20(12-24)32(55,56)57;16-15(17)9-5-3-1-2-4-6-12-18-14-10-7-13-8-11-14/h1-12H;7-8,10-11H,1-6,9,12H2/q-1;+1. The first-order valence-electron chi connectivity index (χ1n) is 21.0. The quantitative estimate of drug-likeness (QED) is 0.0277. The third-order valence-electron chi connectivity index (χ3n) is 11.0. The van der Waals surface area contributed by atoms with Gasteiger partial charge in [0.15, 0.2) is 6.61 Å². The van der Waals surface area contributed by atoms with Crippen LogP contribution < -0.4 is 31.4 Å². The van der Waals surface area contributed by atoms with Crippen molar-refractivity contribution in [2.75, 3.05) is 13.2 Å². The number of halogens is 24. The molecule has 0 unspecified atom stereocenters. The van der Waals surface area contributed by atoms with Gasteiger partial charge in [-0.1, -0.05) is 61.4 Å². The maximum Gasteiger partial charge on any atom is 0.416 e. The molecule has 0 spiro atoms. The molecule has 1 heterocycles. The van der Waals surface area contributed by atoms with E-state index in [4.69, 9.17) is 4.84 Å². The molecule has 0 aliphatic heterocycles. The lowest BCUT2D eigenvalue weighted by Crippen LogP contribution is -2.75. The Morgan fingerprint density at radius 1 is 0.387 bits per heavy atom. The van der Waals surface area contributed by atoms with Crippen molar-refractivity contribution >= 4 is 28.0 Å². The summed E-state index contributed by atoms with van der Waals surface area (Å²) in [5.74, 6) is 0. The Labute approximate surface area is 406 Å². The van der Waals surface area contributed by atoms with Crippen LogP contribution in [0.15, 0.2) is 97.6 Å². The zero-order valence-electron chi connectivity index (χ0n) is 37.1. The summed E-state index contributed by atoms with van der Waals surface area (Å²) in [5, 5.41) is 10.1. The summed E-state index contributed by atoms with van der Waals surface area (Å²) in [5.41, 5.74) is -30.2. The molecule has 0 saturated heterocycles. The Kier molecular flexibility index (Phi) is 18.3. The SMILES string of the molecule is FC(F)(F)c1cc([B-](c2cc(C(F)(F)F)cc(C(F)(F)F)c2)(c2cc(C(F)(F)F)cc(C(F)(F)F)c2)c2cc(C(F)(F)F)cc(C(F)(F)F)c2)cc(C(F)(F)F)c1.O=[N+]([O-])CCCCCCCCO[n+]1ccncc1. The third kappa shape index (κ3) is 16.3. The van der Waals surface area contributed by atoms with E-state index < -0.39 is 195 Å². The minimum absolute atomic E-state index is 0.0990. The maximum absolute atomic E-state index is 14.2. The third-order valence-corrected chi connectivity index (χ3v) is 11.0. The van der Waals surface area contributed by atoms with Gasteiger partial charge in [-0.15, -0.1) is 0 Å². The Morgan fingerprint density at radius 3 is 0.840 bits per heavy atom. The molecule has 5 rings (SSSR count). The van der Waals surface area contributed by atoms with Crippen molar-refractivity contribution < 1.29 is 120 Å². The van der Waals surface area contributed by atoms with Crippen molar-refractivity contribution in [2.24, 2.45) is 0 Å². The van der Waals surface area contributed by atoms with Crippen molar-refractivity contribution in [1.29, 1.82) is 0 Å². The fourth-order valence-corrected chi connectivity index (χ4v) is 7.68. The average molecular weight is 1120 g/mol. The smallest absolute Gasteiger partial charge is 0.271 e. The van der Waals surface area contributed by atoms with E-state index in [1.165, 1.54) is 0 Å². The zero-order chi connectivity index (χ0) is 57.0. The number of alkyl halides is 24. The van der Waals surface area contributed by atoms with Gasteiger partial charge in [-0.2, -0.15) is 127 Å². The summed E-state index contributed by atoms with van der Waals surface area (Å²) in [6.07, 6.45) is -42.0. The minimum Gasteiger partial charge on any atom is -0.271 e. The van der Waals surface area contributed by atoms with Crippen molar-refractivity contribution in [3.8, 4) is 0 Å². The van der Waals surface area contributed by atoms with Crippen molar-refractivity contribution in [3.05, 3.63) is 152 Å². The van der Waals surface area contributed by atoms with E-state index in [0.717, 1.165) is 32.1 Å². The number of unbranched alkanes of at least 4 members (excludes halogenated alkanes) is 5. The fourth-order valence-electron chi connectivity index (χ4n) is 7.68. The van der Waals surface area contributed by atoms with Gasteiger partial charge in [-0.05, 0) is 43.5 Å². The molecular formula is C44H32BF24N3O3. The van der Waals surface area contributed by atoms with Gasteiger partial charge in [-0.3, -0.25) is 19.9 Å². The van der Waals surface area contributed by atoms with Gasteiger partial charge in [0.2, 0.25) is 18.9 Å². The summed E-state index contributed by atoms with van der Waals surface area (Å²) in [7, 11) is 0. The van der Waals surface area contributed by atoms with Crippen LogP contribution in [0.3, 0.4) is 0 Å². The van der Waals surface area contributed by atoms with Gasteiger partial charge in [0, 0.05) is 16.1 Å². The summed E-state index contributed by atoms with van der Waals surface area (Å²) >= 11 is 0. The largest absolute Gasteiger partial charge is 0.416 e. The average Bonchev–Trinajstić information content (AvgIpc) is 3.26. The van der Waals surface area contributed by atoms with E-state index in [2.05, 4.69) is 4.98 Å². The van der Waals surface area contributed by atoms with E-state index in [9.17, 15) is 115 Å². The molecule has 0 aliphatic rings. The monoisotopic (exact) mass is 1120 g/mol. The molecule has 6 nitrogen and oxygen atoms in total. The number of nitro groups is 1. The summed E-state index contributed by atoms with van der Waals surface area (Å²) in [6.45, 7) is 0.783. The van der Waals surface area contributed by atoms with Crippen LogP contribution >= 0.6 is 0 Å². The van der Waals surface area contributed by atoms with Gasteiger partial charge in [0.1, 0.15) is 6.15 Å². The van der Waals surface area contributed by atoms with Gasteiger partial charge >= 0.3 is 49.4 Å². The minimum atomic E-state index is -6.13. The second-order valence-corrected chi connectivity index (χ2v) is 16.3. The highest BCUT2D eigenvalue weighted by atomic mass is 19.4. The van der Waals surface area contributed by atoms with Crippen LogP contribution in [0.4, 0.5) is 105 Å². The lowest BCUT2D eigenvalue weighted by Gasteiger charge is -2.46. The van der Waals surface area contributed by atoms with Crippen LogP contribution in [0.25, 0.3) is 0 Å². The number of nitrogens with zero attached hydrogens (tertiary/aromatic N) is 3. The highest BCUT2D eigenvalue weighted by Gasteiger charge is 2.47. The molecule has 4 aromatic carbocycles. The summed E-state index contributed by atoms with van der Waals surface area (Å²) < 4.78 is 342. The molecule has 0 bridgehead atoms. The van der Waals surface area contributed by atoms with Crippen LogP contribution in [0.1, 0.15) is 83.0 Å². The van der Waals surface area contributed by atoms with Crippen molar-refractivity contribution in [2.45, 2.75) is 87.9 Å². The molecule has 5 aromatic rings. The van der Waals surface area contributed by atoms with E-state index in [1.54, 1.807) is 29.5 Å². The second kappa shape index (κ2) is 22.4. The number of benzene rings is 4. The van der Waals surface area contributed by atoms with E-state index in [0.29, 0.717) is 13.0 Å². The molecule has 0 radical (unpaired) electrons. The molecule has 0 atom stereocenters. The highest BCUT2D eigenvalue weighted by Crippen LogP contribution is 2.41. The van der Waals surface area contributed by atoms with Crippen LogP contribution in [-0.4, -0.2) is 29.2 Å². The molecule has 0 aliphatic carbocycles. The van der Waals surface area contributed by atoms with Gasteiger partial charge in [0.05, 0.1) is 56.9 Å². The highest BCUT2D eigenvalue weighted by molar-refractivity contribution is 7.20. The predicted molar refractivity (Wildman–Crippen MR) is 216 cm³/mol. The first-order valence-corrected chi connectivity index (χ1v) is 21.0. The molecular weight excluding hydrogens is 1090 g/mol. The number of aromatic nitrogens is 2. The van der Waals surface area contributed by atoms with E-state index in [-0.39, 0.29) is 11.5 Å². The van der Waals surface area contributed by atoms with Gasteiger partial charge in [0.25, 0.3) is 0 Å². The normalized spacial score (nSPS) is 13.3. The van der Waals surface area contributed by atoms with E-state index >= 15 is 0 Å². The lowest BCUT2D eigenvalue weighted by atomic mass is 9.12. The first-order chi connectivity index (χ1) is 34.0. The Morgan fingerprint density at radius 2 is 0.613 bits per heavy atom. The predicted octanol–water partition coefficient (Wildman–Crippen LogP) is 12.6. The molecule has 75 heavy (non-hydrogen) atoms. The van der Waals surface area contributed by atoms with Crippen LogP contribution in [0.2, 0.25) is 0 Å². The Hall–Kier alpha value is -6.46. The Bertz CT molecular complexity index is 2310. The fraction of sp³-hybridized carbons (Fsp3) is 0.364. The lowest BCUT2D eigenvalue weighted by molar-refractivity contribution is -0.891. The second-order valence-electron chi connectivity index (χ2n) is 16.3. The van der Waals surface area contributed by atoms with Crippen molar-refractivity contribution in [3.63, 3.8) is 0 Å². The zero-order valence-corrected chi connectivity index (χ0v) is 37.1. The topological polar surface area (TPSA) is 69.1 Å². The first kappa shape index (κ1) is 61.1. The molecule has 0 amide bonds. The number of rotatable bonds is 14. The molecule has 1 aromatic heterocycles. The van der Waals surface area contributed by atoms with Gasteiger partial charge < -0.3 is 0 Å². The number of hydrogen-bond acceptors (Lipinski definition) is 4. The van der Waals surface area contributed by atoms with Crippen LogP contribution in [0, 0.1) is 10.1 Å². The molecule has 31 heteroatoms. The Balaban J connectivity index is 0.000000569. The summed E-state index contributed by atoms with van der Waals surface area (Å²) in [4.78, 5) is 19.2. The van der Waals surface area contributed by atoms with Gasteiger partial charge in [-0.25, -0.2) is 0 Å². The van der Waals surface area contributed by atoms with Crippen LogP contribution in [-0.2, 0) is 49.4 Å². The summed E-state index contributed by atoms with van der Waals surface area (Å²) in [6, 6.07) is -8.81. The number of hydrogen-bond donors (Lipinski definition) is 0. The van der Waals surface area contributed by atoms with Crippen molar-refractivity contribution in [1.82, 2.24) is 4.98 Å². The molecule has 0 saturated carbocycles. The molecule has 412 valence electrons. The molecule has 0 fully saturated rings. The van der Waals surface area contributed by atoms with Crippen LogP contribution in [0.5, 0.6) is 0 Å². The van der Waals surface area contributed by atoms with E-state index in [1.807, 2.05) is 0 Å². The molecule has 0 N–H and O–H groups in total.